The first-order valence-electron chi connectivity index (χ1n) is 31.2. The second-order valence-electron chi connectivity index (χ2n) is 22.6. The molecule has 6 nitrogen and oxygen atoms in total. The highest BCUT2D eigenvalue weighted by Crippen LogP contribution is 2.19. The molecule has 0 aliphatic rings. The summed E-state index contributed by atoms with van der Waals surface area (Å²) in [6, 6.07) is 0. The van der Waals surface area contributed by atoms with Crippen LogP contribution in [0.4, 0.5) is 0 Å². The van der Waals surface area contributed by atoms with Crippen molar-refractivity contribution in [2.75, 3.05) is 13.2 Å². The van der Waals surface area contributed by atoms with Gasteiger partial charge in [-0.25, -0.2) is 0 Å². The van der Waals surface area contributed by atoms with Crippen LogP contribution >= 0.6 is 0 Å². The Kier molecular flexibility index (Phi) is 54.4. The third-order valence-corrected chi connectivity index (χ3v) is 14.5. The van der Waals surface area contributed by atoms with Gasteiger partial charge in [-0.1, -0.05) is 317 Å². The van der Waals surface area contributed by atoms with Crippen molar-refractivity contribution >= 4 is 17.9 Å². The van der Waals surface area contributed by atoms with Gasteiger partial charge < -0.3 is 14.2 Å². The fraction of sp³-hybridized carbons (Fsp3) is 0.952. The van der Waals surface area contributed by atoms with E-state index in [-0.39, 0.29) is 31.1 Å². The Labute approximate surface area is 431 Å². The molecule has 6 heteroatoms. The van der Waals surface area contributed by atoms with Crippen molar-refractivity contribution in [1.82, 2.24) is 0 Å². The number of hydrogen-bond acceptors (Lipinski definition) is 6. The molecule has 0 unspecified atom stereocenters. The van der Waals surface area contributed by atoms with Gasteiger partial charge in [-0.15, -0.1) is 0 Å². The summed E-state index contributed by atoms with van der Waals surface area (Å²) in [6.45, 7) is 11.4. The van der Waals surface area contributed by atoms with Gasteiger partial charge >= 0.3 is 17.9 Å². The van der Waals surface area contributed by atoms with Crippen LogP contribution in [0.2, 0.25) is 0 Å². The smallest absolute Gasteiger partial charge is 0.306 e. The Morgan fingerprint density at radius 3 is 0.710 bits per heavy atom. The zero-order valence-electron chi connectivity index (χ0n) is 47.5. The maximum atomic E-state index is 12.9. The van der Waals surface area contributed by atoms with Crippen molar-refractivity contribution in [2.45, 2.75) is 362 Å². The molecule has 0 fully saturated rings. The van der Waals surface area contributed by atoms with Gasteiger partial charge in [0.25, 0.3) is 0 Å². The molecule has 410 valence electrons. The van der Waals surface area contributed by atoms with Crippen LogP contribution in [0.1, 0.15) is 356 Å². The molecule has 0 bridgehead atoms. The minimum absolute atomic E-state index is 0.0620. The van der Waals surface area contributed by atoms with Crippen LogP contribution in [0, 0.1) is 11.8 Å². The number of unbranched alkanes of at least 4 members (excludes halogenated alkanes) is 42. The average Bonchev–Trinajstić information content (AvgIpc) is 3.32. The predicted molar refractivity (Wildman–Crippen MR) is 298 cm³/mol. The van der Waals surface area contributed by atoms with E-state index in [9.17, 15) is 14.4 Å². The number of esters is 3. The van der Waals surface area contributed by atoms with Crippen molar-refractivity contribution in [1.29, 1.82) is 0 Å². The molecular formula is C63H122O6. The van der Waals surface area contributed by atoms with Gasteiger partial charge in [-0.2, -0.15) is 0 Å². The maximum absolute atomic E-state index is 12.9. The Balaban J connectivity index is 4.26. The van der Waals surface area contributed by atoms with Crippen LogP contribution in [-0.2, 0) is 28.6 Å². The minimum atomic E-state index is -0.763. The summed E-state index contributed by atoms with van der Waals surface area (Å²) < 4.78 is 16.9. The molecule has 1 atom stereocenters. The van der Waals surface area contributed by atoms with Gasteiger partial charge in [0.05, 0.1) is 0 Å². The zero-order valence-corrected chi connectivity index (χ0v) is 47.5. The number of hydrogen-bond donors (Lipinski definition) is 0. The van der Waals surface area contributed by atoms with Crippen molar-refractivity contribution in [3.63, 3.8) is 0 Å². The molecular weight excluding hydrogens is 853 g/mol. The molecule has 0 amide bonds. The lowest BCUT2D eigenvalue weighted by atomic mass is 10.0. The summed E-state index contributed by atoms with van der Waals surface area (Å²) in [5.74, 6) is 0.860. The molecule has 0 saturated carbocycles. The molecule has 0 N–H and O–H groups in total. The summed E-state index contributed by atoms with van der Waals surface area (Å²) in [5.41, 5.74) is 0. The van der Waals surface area contributed by atoms with E-state index in [1.54, 1.807) is 0 Å². The molecule has 0 heterocycles. The van der Waals surface area contributed by atoms with Crippen LogP contribution in [-0.4, -0.2) is 37.2 Å². The van der Waals surface area contributed by atoms with Gasteiger partial charge in [-0.3, -0.25) is 14.4 Å². The molecule has 0 radical (unpaired) electrons. The summed E-state index contributed by atoms with van der Waals surface area (Å²) in [6.07, 6.45) is 61.0. The molecule has 0 rings (SSSR count). The summed E-state index contributed by atoms with van der Waals surface area (Å²) in [4.78, 5) is 38.2. The first kappa shape index (κ1) is 67.4. The summed E-state index contributed by atoms with van der Waals surface area (Å²) in [7, 11) is 0. The standard InChI is InChI=1S/C63H122O6/c1-6-7-8-9-10-11-12-13-18-23-30-35-40-45-50-55-63(66)69-60(57-68-62(65)54-49-44-39-34-29-25-24-27-32-37-42-47-52-59(4)5)56-67-61(64)53-48-43-38-33-28-22-20-17-15-14-16-19-21-26-31-36-41-46-51-58(2)3/h58-60H,6-57H2,1-5H3/t60-/m0/s1. The van der Waals surface area contributed by atoms with Crippen molar-refractivity contribution in [3.8, 4) is 0 Å². The Bertz CT molecular complexity index is 1060. The van der Waals surface area contributed by atoms with Gasteiger partial charge in [0.2, 0.25) is 0 Å². The van der Waals surface area contributed by atoms with E-state index in [2.05, 4.69) is 34.6 Å². The first-order valence-corrected chi connectivity index (χ1v) is 31.2. The van der Waals surface area contributed by atoms with Crippen LogP contribution < -0.4 is 0 Å². The van der Waals surface area contributed by atoms with Gasteiger partial charge in [0.1, 0.15) is 13.2 Å². The molecule has 0 saturated heterocycles. The fourth-order valence-corrected chi connectivity index (χ4v) is 9.76. The van der Waals surface area contributed by atoms with E-state index in [1.807, 2.05) is 0 Å². The van der Waals surface area contributed by atoms with E-state index in [1.165, 1.54) is 244 Å². The van der Waals surface area contributed by atoms with Crippen molar-refractivity contribution < 1.29 is 28.6 Å². The molecule has 0 aromatic rings. The van der Waals surface area contributed by atoms with Crippen LogP contribution in [0.25, 0.3) is 0 Å². The van der Waals surface area contributed by atoms with Crippen molar-refractivity contribution in [2.24, 2.45) is 11.8 Å². The first-order chi connectivity index (χ1) is 33.7. The van der Waals surface area contributed by atoms with Gasteiger partial charge in [0.15, 0.2) is 6.10 Å². The molecule has 69 heavy (non-hydrogen) atoms. The Hall–Kier alpha value is -1.59. The molecule has 0 aromatic heterocycles. The second kappa shape index (κ2) is 55.7. The fourth-order valence-electron chi connectivity index (χ4n) is 9.76. The highest BCUT2D eigenvalue weighted by Gasteiger charge is 2.19. The second-order valence-corrected chi connectivity index (χ2v) is 22.6. The molecule has 0 spiro atoms. The molecule has 0 aliphatic heterocycles. The van der Waals surface area contributed by atoms with Crippen LogP contribution in [0.15, 0.2) is 0 Å². The molecule has 0 aliphatic carbocycles. The number of carbonyl (C=O) groups excluding carboxylic acids is 3. The predicted octanol–water partition coefficient (Wildman–Crippen LogP) is 20.8. The Morgan fingerprint density at radius 2 is 0.478 bits per heavy atom. The Morgan fingerprint density at radius 1 is 0.275 bits per heavy atom. The summed E-state index contributed by atoms with van der Waals surface area (Å²) in [5, 5.41) is 0. The third-order valence-electron chi connectivity index (χ3n) is 14.5. The highest BCUT2D eigenvalue weighted by atomic mass is 16.6. The largest absolute Gasteiger partial charge is 0.462 e. The number of rotatable bonds is 57. The number of carbonyl (C=O) groups is 3. The average molecular weight is 976 g/mol. The third kappa shape index (κ3) is 57.2. The van der Waals surface area contributed by atoms with E-state index in [0.29, 0.717) is 19.3 Å². The van der Waals surface area contributed by atoms with Crippen LogP contribution in [0.5, 0.6) is 0 Å². The van der Waals surface area contributed by atoms with E-state index in [0.717, 1.165) is 69.6 Å². The van der Waals surface area contributed by atoms with Gasteiger partial charge in [-0.05, 0) is 31.1 Å². The maximum Gasteiger partial charge on any atom is 0.306 e. The SMILES string of the molecule is CCCCCCCCCCCCCCCCCC(=O)O[C@@H](COC(=O)CCCCCCCCCCCCCCCCCCCCC(C)C)COC(=O)CCCCCCCCCCCCCCC(C)C. The zero-order chi connectivity index (χ0) is 50.4. The monoisotopic (exact) mass is 975 g/mol. The lowest BCUT2D eigenvalue weighted by molar-refractivity contribution is -0.167. The summed E-state index contributed by atoms with van der Waals surface area (Å²) >= 11 is 0. The quantitative estimate of drug-likeness (QED) is 0.0343. The van der Waals surface area contributed by atoms with E-state index < -0.39 is 6.10 Å². The van der Waals surface area contributed by atoms with Crippen LogP contribution in [0.3, 0.4) is 0 Å². The minimum Gasteiger partial charge on any atom is -0.462 e. The van der Waals surface area contributed by atoms with Gasteiger partial charge in [0, 0.05) is 19.3 Å². The molecule has 0 aromatic carbocycles. The lowest BCUT2D eigenvalue weighted by Gasteiger charge is -2.18. The van der Waals surface area contributed by atoms with Crippen molar-refractivity contribution in [3.05, 3.63) is 0 Å². The normalized spacial score (nSPS) is 12.0. The highest BCUT2D eigenvalue weighted by molar-refractivity contribution is 5.71. The topological polar surface area (TPSA) is 78.9 Å². The van der Waals surface area contributed by atoms with E-state index >= 15 is 0 Å². The van der Waals surface area contributed by atoms with E-state index in [4.69, 9.17) is 14.2 Å². The lowest BCUT2D eigenvalue weighted by Crippen LogP contribution is -2.30. The number of ether oxygens (including phenoxy) is 3.